The number of benzene rings is 2. The summed E-state index contributed by atoms with van der Waals surface area (Å²) >= 11 is 0. The topological polar surface area (TPSA) is 63.3 Å². The standard InChI is InChI=1S/C16H19NO2/c1-2-14(16(18)19)15(17)10-11-7-8-12-5-3-4-6-13(12)9-11/h3-9,14-15H,2,10,17H2,1H3,(H,18,19). The van der Waals surface area contributed by atoms with Crippen LogP contribution in [-0.2, 0) is 11.2 Å². The van der Waals surface area contributed by atoms with Crippen LogP contribution >= 0.6 is 0 Å². The van der Waals surface area contributed by atoms with Crippen molar-refractivity contribution in [1.82, 2.24) is 0 Å². The summed E-state index contributed by atoms with van der Waals surface area (Å²) < 4.78 is 0. The summed E-state index contributed by atoms with van der Waals surface area (Å²) in [4.78, 5) is 11.1. The fourth-order valence-electron chi connectivity index (χ4n) is 2.44. The Morgan fingerprint density at radius 2 is 1.89 bits per heavy atom. The Hall–Kier alpha value is -1.87. The van der Waals surface area contributed by atoms with Gasteiger partial charge in [0.05, 0.1) is 5.92 Å². The molecule has 0 spiro atoms. The van der Waals surface area contributed by atoms with E-state index in [0.717, 1.165) is 10.9 Å². The molecule has 0 aromatic heterocycles. The Morgan fingerprint density at radius 3 is 2.53 bits per heavy atom. The first-order valence-corrected chi connectivity index (χ1v) is 6.58. The van der Waals surface area contributed by atoms with Gasteiger partial charge in [0.1, 0.15) is 0 Å². The third-order valence-electron chi connectivity index (χ3n) is 3.56. The van der Waals surface area contributed by atoms with Gasteiger partial charge < -0.3 is 10.8 Å². The number of hydrogen-bond acceptors (Lipinski definition) is 2. The second-order valence-electron chi connectivity index (χ2n) is 4.90. The van der Waals surface area contributed by atoms with Gasteiger partial charge in [-0.1, -0.05) is 49.4 Å². The van der Waals surface area contributed by atoms with Crippen molar-refractivity contribution in [2.45, 2.75) is 25.8 Å². The molecule has 2 atom stereocenters. The lowest BCUT2D eigenvalue weighted by molar-refractivity contribution is -0.142. The minimum atomic E-state index is -0.809. The number of aliphatic carboxylic acids is 1. The Kier molecular flexibility index (Phi) is 4.17. The molecular formula is C16H19NO2. The van der Waals surface area contributed by atoms with Crippen molar-refractivity contribution in [2.24, 2.45) is 11.7 Å². The van der Waals surface area contributed by atoms with E-state index in [0.29, 0.717) is 12.8 Å². The van der Waals surface area contributed by atoms with E-state index >= 15 is 0 Å². The van der Waals surface area contributed by atoms with Crippen molar-refractivity contribution >= 4 is 16.7 Å². The lowest BCUT2D eigenvalue weighted by atomic mass is 9.91. The van der Waals surface area contributed by atoms with Gasteiger partial charge in [0.15, 0.2) is 0 Å². The molecule has 3 nitrogen and oxygen atoms in total. The first kappa shape index (κ1) is 13.6. The molecule has 100 valence electrons. The van der Waals surface area contributed by atoms with Gasteiger partial charge in [-0.3, -0.25) is 4.79 Å². The Bertz CT molecular complexity index is 580. The van der Waals surface area contributed by atoms with E-state index in [9.17, 15) is 4.79 Å². The van der Waals surface area contributed by atoms with Crippen LogP contribution in [0.4, 0.5) is 0 Å². The van der Waals surface area contributed by atoms with Crippen LogP contribution in [0.15, 0.2) is 42.5 Å². The largest absolute Gasteiger partial charge is 0.481 e. The van der Waals surface area contributed by atoms with Crippen LogP contribution in [0.25, 0.3) is 10.8 Å². The van der Waals surface area contributed by atoms with Crippen LogP contribution in [0, 0.1) is 5.92 Å². The molecule has 3 N–H and O–H groups in total. The summed E-state index contributed by atoms with van der Waals surface area (Å²) in [5.74, 6) is -1.29. The average Bonchev–Trinajstić information content (AvgIpc) is 2.39. The molecule has 0 aliphatic carbocycles. The monoisotopic (exact) mass is 257 g/mol. The minimum Gasteiger partial charge on any atom is -0.481 e. The zero-order valence-corrected chi connectivity index (χ0v) is 11.0. The van der Waals surface area contributed by atoms with Crippen LogP contribution < -0.4 is 5.73 Å². The molecule has 19 heavy (non-hydrogen) atoms. The molecule has 0 saturated carbocycles. The maximum absolute atomic E-state index is 11.1. The predicted molar refractivity (Wildman–Crippen MR) is 77.0 cm³/mol. The van der Waals surface area contributed by atoms with Crippen molar-refractivity contribution in [2.75, 3.05) is 0 Å². The van der Waals surface area contributed by atoms with Gasteiger partial charge in [-0.05, 0) is 29.2 Å². The average molecular weight is 257 g/mol. The summed E-state index contributed by atoms with van der Waals surface area (Å²) in [7, 11) is 0. The van der Waals surface area contributed by atoms with Gasteiger partial charge in [-0.2, -0.15) is 0 Å². The molecule has 0 radical (unpaired) electrons. The Morgan fingerprint density at radius 1 is 1.21 bits per heavy atom. The molecule has 0 fully saturated rings. The van der Waals surface area contributed by atoms with Crippen LogP contribution in [0.3, 0.4) is 0 Å². The minimum absolute atomic E-state index is 0.344. The van der Waals surface area contributed by atoms with Crippen molar-refractivity contribution in [3.8, 4) is 0 Å². The van der Waals surface area contributed by atoms with Gasteiger partial charge >= 0.3 is 5.97 Å². The zero-order valence-electron chi connectivity index (χ0n) is 11.0. The second kappa shape index (κ2) is 5.85. The molecule has 0 heterocycles. The summed E-state index contributed by atoms with van der Waals surface area (Å²) in [6.07, 6.45) is 1.15. The van der Waals surface area contributed by atoms with Gasteiger partial charge in [0, 0.05) is 6.04 Å². The lowest BCUT2D eigenvalue weighted by Gasteiger charge is -2.18. The third-order valence-corrected chi connectivity index (χ3v) is 3.56. The molecule has 0 amide bonds. The van der Waals surface area contributed by atoms with Crippen LogP contribution in [-0.4, -0.2) is 17.1 Å². The molecule has 2 rings (SSSR count). The summed E-state index contributed by atoms with van der Waals surface area (Å²) in [6, 6.07) is 13.9. The van der Waals surface area contributed by atoms with Crippen LogP contribution in [0.1, 0.15) is 18.9 Å². The fourth-order valence-corrected chi connectivity index (χ4v) is 2.44. The van der Waals surface area contributed by atoms with E-state index in [2.05, 4.69) is 24.3 Å². The van der Waals surface area contributed by atoms with Gasteiger partial charge in [-0.15, -0.1) is 0 Å². The van der Waals surface area contributed by atoms with Gasteiger partial charge in [-0.25, -0.2) is 0 Å². The highest BCUT2D eigenvalue weighted by molar-refractivity contribution is 5.83. The van der Waals surface area contributed by atoms with Crippen LogP contribution in [0.2, 0.25) is 0 Å². The molecule has 3 heteroatoms. The fraction of sp³-hybridized carbons (Fsp3) is 0.312. The van der Waals surface area contributed by atoms with E-state index in [-0.39, 0.29) is 6.04 Å². The van der Waals surface area contributed by atoms with Gasteiger partial charge in [0.2, 0.25) is 0 Å². The highest BCUT2D eigenvalue weighted by atomic mass is 16.4. The van der Waals surface area contributed by atoms with Crippen molar-refractivity contribution in [3.63, 3.8) is 0 Å². The number of fused-ring (bicyclic) bond motifs is 1. The Labute approximate surface area is 113 Å². The molecule has 2 aromatic rings. The molecule has 2 unspecified atom stereocenters. The highest BCUT2D eigenvalue weighted by Crippen LogP contribution is 2.18. The lowest BCUT2D eigenvalue weighted by Crippen LogP contribution is -2.36. The zero-order chi connectivity index (χ0) is 13.8. The molecule has 2 aromatic carbocycles. The number of rotatable bonds is 5. The second-order valence-corrected chi connectivity index (χ2v) is 4.90. The number of nitrogens with two attached hydrogens (primary N) is 1. The van der Waals surface area contributed by atoms with E-state index in [1.807, 2.05) is 25.1 Å². The summed E-state index contributed by atoms with van der Waals surface area (Å²) in [6.45, 7) is 1.86. The smallest absolute Gasteiger partial charge is 0.308 e. The van der Waals surface area contributed by atoms with Crippen molar-refractivity contribution in [3.05, 3.63) is 48.0 Å². The maximum atomic E-state index is 11.1. The Balaban J connectivity index is 2.18. The SMILES string of the molecule is CCC(C(=O)O)C(N)Cc1ccc2ccccc2c1. The molecular weight excluding hydrogens is 238 g/mol. The summed E-state index contributed by atoms with van der Waals surface area (Å²) in [5.41, 5.74) is 7.11. The first-order chi connectivity index (χ1) is 9.11. The van der Waals surface area contributed by atoms with Gasteiger partial charge in [0.25, 0.3) is 0 Å². The normalized spacial score (nSPS) is 14.2. The number of carboxylic acids is 1. The molecule has 0 bridgehead atoms. The summed E-state index contributed by atoms with van der Waals surface area (Å²) in [5, 5.41) is 11.5. The van der Waals surface area contributed by atoms with E-state index < -0.39 is 11.9 Å². The number of carbonyl (C=O) groups is 1. The van der Waals surface area contributed by atoms with E-state index in [1.54, 1.807) is 0 Å². The first-order valence-electron chi connectivity index (χ1n) is 6.58. The van der Waals surface area contributed by atoms with E-state index in [1.165, 1.54) is 5.39 Å². The molecule has 0 saturated heterocycles. The number of hydrogen-bond donors (Lipinski definition) is 2. The van der Waals surface area contributed by atoms with Crippen molar-refractivity contribution < 1.29 is 9.90 Å². The van der Waals surface area contributed by atoms with E-state index in [4.69, 9.17) is 10.8 Å². The molecule has 0 aliphatic heterocycles. The maximum Gasteiger partial charge on any atom is 0.308 e. The number of carboxylic acid groups (broad SMARTS) is 1. The van der Waals surface area contributed by atoms with Crippen molar-refractivity contribution in [1.29, 1.82) is 0 Å². The highest BCUT2D eigenvalue weighted by Gasteiger charge is 2.23. The third kappa shape index (κ3) is 3.12. The quantitative estimate of drug-likeness (QED) is 0.865. The molecule has 0 aliphatic rings. The predicted octanol–water partition coefficient (Wildman–Crippen LogP) is 2.82. The van der Waals surface area contributed by atoms with Crippen LogP contribution in [0.5, 0.6) is 0 Å².